The first kappa shape index (κ1) is 12.4. The molecule has 5 heteroatoms. The molecule has 94 valence electrons. The summed E-state index contributed by atoms with van der Waals surface area (Å²) >= 11 is 0. The van der Waals surface area contributed by atoms with E-state index < -0.39 is 17.7 Å². The molecule has 0 unspecified atom stereocenters. The summed E-state index contributed by atoms with van der Waals surface area (Å²) in [6.45, 7) is 4.68. The molecule has 1 amide bonds. The van der Waals surface area contributed by atoms with Gasteiger partial charge in [-0.15, -0.1) is 0 Å². The summed E-state index contributed by atoms with van der Waals surface area (Å²) in [7, 11) is 1.18. The Morgan fingerprint density at radius 3 is 2.39 bits per heavy atom. The van der Waals surface area contributed by atoms with Crippen LogP contribution in [0, 0.1) is 19.7 Å². The fourth-order valence-corrected chi connectivity index (χ4v) is 2.18. The van der Waals surface area contributed by atoms with Gasteiger partial charge in [0, 0.05) is 10.8 Å². The van der Waals surface area contributed by atoms with E-state index in [2.05, 4.69) is 9.73 Å². The van der Waals surface area contributed by atoms with Crippen molar-refractivity contribution in [1.29, 1.82) is 0 Å². The maximum absolute atomic E-state index is 14.2. The molecule has 1 aliphatic heterocycles. The van der Waals surface area contributed by atoms with Gasteiger partial charge in [-0.05, 0) is 31.9 Å². The Morgan fingerprint density at radius 2 is 1.83 bits per heavy atom. The van der Waals surface area contributed by atoms with E-state index in [0.29, 0.717) is 21.7 Å². The summed E-state index contributed by atoms with van der Waals surface area (Å²) in [6, 6.07) is 0. The number of ether oxygens (including phenoxy) is 1. The van der Waals surface area contributed by atoms with Crippen LogP contribution in [-0.2, 0) is 9.53 Å². The lowest BCUT2D eigenvalue weighted by molar-refractivity contribution is -0.112. The Kier molecular flexibility index (Phi) is 2.77. The zero-order chi connectivity index (χ0) is 13.6. The van der Waals surface area contributed by atoms with Gasteiger partial charge in [0.1, 0.15) is 11.4 Å². The molecule has 0 spiro atoms. The highest BCUT2D eigenvalue weighted by molar-refractivity contribution is 6.14. The average molecular weight is 249 g/mol. The van der Waals surface area contributed by atoms with Crippen LogP contribution in [0.25, 0.3) is 5.57 Å². The van der Waals surface area contributed by atoms with Crippen molar-refractivity contribution >= 4 is 17.4 Å². The Bertz CT molecular complexity index is 704. The van der Waals surface area contributed by atoms with Crippen molar-refractivity contribution in [1.82, 2.24) is 0 Å². The highest BCUT2D eigenvalue weighted by Crippen LogP contribution is 2.15. The van der Waals surface area contributed by atoms with Crippen LogP contribution >= 0.6 is 0 Å². The van der Waals surface area contributed by atoms with Gasteiger partial charge in [0.2, 0.25) is 0 Å². The van der Waals surface area contributed by atoms with Crippen molar-refractivity contribution in [2.75, 3.05) is 7.11 Å². The lowest BCUT2D eigenvalue weighted by Gasteiger charge is -2.08. The SMILES string of the molecule is COC(=O)c1c(F)c(C)c2c(c1C)=NC(=O)C=2C. The van der Waals surface area contributed by atoms with E-state index in [-0.39, 0.29) is 11.1 Å². The number of fused-ring (bicyclic) bond motifs is 1. The first-order valence-electron chi connectivity index (χ1n) is 5.41. The molecule has 0 aromatic heterocycles. The number of hydrogen-bond donors (Lipinski definition) is 0. The first-order valence-corrected chi connectivity index (χ1v) is 5.41. The maximum Gasteiger partial charge on any atom is 0.341 e. The Labute approximate surface area is 103 Å². The smallest absolute Gasteiger partial charge is 0.341 e. The topological polar surface area (TPSA) is 55.7 Å². The number of carbonyl (C=O) groups is 2. The molecule has 0 aliphatic carbocycles. The predicted octanol–water partition coefficient (Wildman–Crippen LogP) is 0.560. The molecule has 2 rings (SSSR count). The number of carbonyl (C=O) groups excluding carboxylic acids is 2. The van der Waals surface area contributed by atoms with Crippen LogP contribution in [0.2, 0.25) is 0 Å². The zero-order valence-corrected chi connectivity index (χ0v) is 10.5. The van der Waals surface area contributed by atoms with Crippen LogP contribution in [0.15, 0.2) is 4.99 Å². The van der Waals surface area contributed by atoms with Crippen molar-refractivity contribution in [3.8, 4) is 0 Å². The van der Waals surface area contributed by atoms with Crippen LogP contribution in [0.4, 0.5) is 4.39 Å². The van der Waals surface area contributed by atoms with Crippen molar-refractivity contribution in [2.45, 2.75) is 20.8 Å². The Hall–Kier alpha value is -2.04. The molecule has 0 atom stereocenters. The summed E-state index contributed by atoms with van der Waals surface area (Å²) in [5.41, 5.74) is 0.842. The lowest BCUT2D eigenvalue weighted by Crippen LogP contribution is -2.33. The van der Waals surface area contributed by atoms with Crippen LogP contribution in [0.5, 0.6) is 0 Å². The second kappa shape index (κ2) is 4.01. The maximum atomic E-state index is 14.2. The minimum Gasteiger partial charge on any atom is -0.465 e. The largest absolute Gasteiger partial charge is 0.465 e. The molecule has 1 heterocycles. The first-order chi connectivity index (χ1) is 8.40. The van der Waals surface area contributed by atoms with E-state index >= 15 is 0 Å². The molecule has 0 bridgehead atoms. The fraction of sp³-hybridized carbons (Fsp3) is 0.308. The quantitative estimate of drug-likeness (QED) is 0.683. The molecular weight excluding hydrogens is 237 g/mol. The Balaban J connectivity index is 3.02. The van der Waals surface area contributed by atoms with Crippen molar-refractivity contribution in [3.05, 3.63) is 33.1 Å². The zero-order valence-electron chi connectivity index (χ0n) is 10.5. The van der Waals surface area contributed by atoms with E-state index in [0.717, 1.165) is 0 Å². The third-order valence-corrected chi connectivity index (χ3v) is 3.19. The van der Waals surface area contributed by atoms with Gasteiger partial charge in [0.25, 0.3) is 5.91 Å². The standard InChI is InChI=1S/C13H12FNO3/c1-5-8-7(3)12(16)15-11(8)6(2)9(10(5)14)13(17)18-4/h1-4H3. The predicted molar refractivity (Wildman–Crippen MR) is 62.1 cm³/mol. The highest BCUT2D eigenvalue weighted by Gasteiger charge is 2.25. The number of nitrogens with zero attached hydrogens (tertiary/aromatic N) is 1. The van der Waals surface area contributed by atoms with Crippen molar-refractivity contribution in [3.63, 3.8) is 0 Å². The molecule has 1 aromatic carbocycles. The number of benzene rings is 1. The van der Waals surface area contributed by atoms with Crippen LogP contribution in [0.1, 0.15) is 28.4 Å². The minimum absolute atomic E-state index is 0.153. The van der Waals surface area contributed by atoms with Gasteiger partial charge in [-0.25, -0.2) is 14.2 Å². The van der Waals surface area contributed by atoms with Gasteiger partial charge in [-0.2, -0.15) is 0 Å². The average Bonchev–Trinajstić information content (AvgIpc) is 2.63. The molecule has 1 aliphatic rings. The van der Waals surface area contributed by atoms with E-state index in [1.54, 1.807) is 13.8 Å². The van der Waals surface area contributed by atoms with E-state index in [4.69, 9.17) is 0 Å². The summed E-state index contributed by atoms with van der Waals surface area (Å²) in [6.07, 6.45) is 0. The number of methoxy groups -OCH3 is 1. The molecule has 0 saturated heterocycles. The highest BCUT2D eigenvalue weighted by atomic mass is 19.1. The summed E-state index contributed by atoms with van der Waals surface area (Å²) in [5.74, 6) is -1.80. The second-order valence-electron chi connectivity index (χ2n) is 4.20. The van der Waals surface area contributed by atoms with E-state index in [9.17, 15) is 14.0 Å². The van der Waals surface area contributed by atoms with Crippen LogP contribution in [0.3, 0.4) is 0 Å². The van der Waals surface area contributed by atoms with Gasteiger partial charge in [0.15, 0.2) is 0 Å². The normalized spacial score (nSPS) is 13.4. The van der Waals surface area contributed by atoms with Crippen LogP contribution in [-0.4, -0.2) is 19.0 Å². The van der Waals surface area contributed by atoms with Gasteiger partial charge in [-0.1, -0.05) is 0 Å². The molecule has 0 radical (unpaired) electrons. The number of amides is 1. The molecule has 4 nitrogen and oxygen atoms in total. The minimum atomic E-state index is -0.761. The molecule has 0 fully saturated rings. The second-order valence-corrected chi connectivity index (χ2v) is 4.20. The van der Waals surface area contributed by atoms with Gasteiger partial charge < -0.3 is 4.74 Å². The van der Waals surface area contributed by atoms with Crippen molar-refractivity contribution in [2.24, 2.45) is 4.99 Å². The van der Waals surface area contributed by atoms with Gasteiger partial charge in [0.05, 0.1) is 12.5 Å². The summed E-state index contributed by atoms with van der Waals surface area (Å²) in [4.78, 5) is 27.0. The summed E-state index contributed by atoms with van der Waals surface area (Å²) < 4.78 is 18.7. The molecular formula is C13H12FNO3. The fourth-order valence-electron chi connectivity index (χ4n) is 2.18. The van der Waals surface area contributed by atoms with Gasteiger partial charge >= 0.3 is 5.97 Å². The molecule has 1 aromatic rings. The number of esters is 1. The molecule has 0 N–H and O–H groups in total. The Morgan fingerprint density at radius 1 is 1.22 bits per heavy atom. The third-order valence-electron chi connectivity index (χ3n) is 3.19. The number of halogens is 1. The van der Waals surface area contributed by atoms with E-state index in [1.807, 2.05) is 0 Å². The lowest BCUT2D eigenvalue weighted by atomic mass is 10.00. The molecule has 0 saturated carbocycles. The number of rotatable bonds is 1. The van der Waals surface area contributed by atoms with E-state index in [1.165, 1.54) is 14.0 Å². The number of hydrogen-bond acceptors (Lipinski definition) is 3. The molecule has 18 heavy (non-hydrogen) atoms. The van der Waals surface area contributed by atoms with Crippen LogP contribution < -0.4 is 10.6 Å². The monoisotopic (exact) mass is 249 g/mol. The van der Waals surface area contributed by atoms with Gasteiger partial charge in [-0.3, -0.25) is 4.79 Å². The van der Waals surface area contributed by atoms with Crippen molar-refractivity contribution < 1.29 is 18.7 Å². The summed E-state index contributed by atoms with van der Waals surface area (Å²) in [5, 5.41) is 0.861. The third kappa shape index (κ3) is 1.47.